The van der Waals surface area contributed by atoms with Crippen molar-refractivity contribution in [2.24, 2.45) is 5.92 Å². The number of carbonyl (C=O) groups is 1. The highest BCUT2D eigenvalue weighted by Crippen LogP contribution is 2.27. The first-order valence-corrected chi connectivity index (χ1v) is 6.97. The van der Waals surface area contributed by atoms with Crippen molar-refractivity contribution in [2.45, 2.75) is 26.2 Å². The minimum atomic E-state index is 0.143. The number of hydrogen-bond donors (Lipinski definition) is 1. The van der Waals surface area contributed by atoms with Crippen molar-refractivity contribution < 1.29 is 4.79 Å². The third kappa shape index (κ3) is 5.88. The Hall–Kier alpha value is -1.35. The van der Waals surface area contributed by atoms with E-state index in [1.54, 1.807) is 0 Å². The van der Waals surface area contributed by atoms with Crippen LogP contribution in [0.15, 0.2) is 30.3 Å². The van der Waals surface area contributed by atoms with E-state index in [0.29, 0.717) is 24.8 Å². The van der Waals surface area contributed by atoms with E-state index in [2.05, 4.69) is 36.2 Å². The Morgan fingerprint density at radius 2 is 1.84 bits per heavy atom. The second-order valence-corrected chi connectivity index (χ2v) is 5.62. The lowest BCUT2D eigenvalue weighted by atomic mass is 9.85. The molecule has 0 bridgehead atoms. The topological polar surface area (TPSA) is 32.3 Å². The van der Waals surface area contributed by atoms with Crippen molar-refractivity contribution in [3.8, 4) is 0 Å². The van der Waals surface area contributed by atoms with Crippen molar-refractivity contribution >= 4 is 5.91 Å². The molecule has 0 aliphatic rings. The van der Waals surface area contributed by atoms with E-state index in [1.165, 1.54) is 5.56 Å². The zero-order valence-corrected chi connectivity index (χ0v) is 12.5. The summed E-state index contributed by atoms with van der Waals surface area (Å²) in [4.78, 5) is 14.0. The number of rotatable bonds is 7. The summed E-state index contributed by atoms with van der Waals surface area (Å²) in [6.07, 6.45) is 0.565. The molecule has 1 amide bonds. The normalized spacial score (nSPS) is 12.7. The third-order valence-electron chi connectivity index (χ3n) is 3.32. The van der Waals surface area contributed by atoms with Crippen LogP contribution in [-0.2, 0) is 4.79 Å². The van der Waals surface area contributed by atoms with Crippen LogP contribution < -0.4 is 5.32 Å². The van der Waals surface area contributed by atoms with E-state index in [9.17, 15) is 4.79 Å². The molecule has 1 aromatic carbocycles. The summed E-state index contributed by atoms with van der Waals surface area (Å²) in [7, 11) is 4.01. The standard InChI is InChI=1S/C16H26N2O/c1-13(2)15(14-8-6-5-7-9-14)12-16(19)17-10-11-18(3)4/h5-9,13,15H,10-12H2,1-4H3,(H,17,19)/t15-/m1/s1. The smallest absolute Gasteiger partial charge is 0.220 e. The average molecular weight is 262 g/mol. The van der Waals surface area contributed by atoms with Crippen LogP contribution in [0.4, 0.5) is 0 Å². The van der Waals surface area contributed by atoms with Gasteiger partial charge in [0.15, 0.2) is 0 Å². The average Bonchev–Trinajstić information content (AvgIpc) is 2.36. The maximum absolute atomic E-state index is 12.0. The van der Waals surface area contributed by atoms with Gasteiger partial charge in [0.2, 0.25) is 5.91 Å². The molecule has 0 saturated carbocycles. The van der Waals surface area contributed by atoms with Crippen molar-refractivity contribution in [2.75, 3.05) is 27.2 Å². The molecule has 0 saturated heterocycles. The van der Waals surface area contributed by atoms with E-state index in [4.69, 9.17) is 0 Å². The van der Waals surface area contributed by atoms with Crippen molar-refractivity contribution in [3.63, 3.8) is 0 Å². The summed E-state index contributed by atoms with van der Waals surface area (Å²) >= 11 is 0. The number of hydrogen-bond acceptors (Lipinski definition) is 2. The molecule has 1 aromatic rings. The van der Waals surface area contributed by atoms with Gasteiger partial charge in [-0.1, -0.05) is 44.2 Å². The molecule has 0 unspecified atom stereocenters. The lowest BCUT2D eigenvalue weighted by Gasteiger charge is -2.21. The molecule has 0 spiro atoms. The molecular formula is C16H26N2O. The molecule has 3 nitrogen and oxygen atoms in total. The monoisotopic (exact) mass is 262 g/mol. The maximum Gasteiger partial charge on any atom is 0.220 e. The van der Waals surface area contributed by atoms with E-state index in [1.807, 2.05) is 32.3 Å². The van der Waals surface area contributed by atoms with Gasteiger partial charge in [-0.05, 0) is 31.5 Å². The van der Waals surface area contributed by atoms with Crippen molar-refractivity contribution in [1.82, 2.24) is 10.2 Å². The van der Waals surface area contributed by atoms with Gasteiger partial charge in [-0.15, -0.1) is 0 Å². The zero-order chi connectivity index (χ0) is 14.3. The fourth-order valence-corrected chi connectivity index (χ4v) is 2.13. The fraction of sp³-hybridized carbons (Fsp3) is 0.562. The van der Waals surface area contributed by atoms with Crippen LogP contribution in [-0.4, -0.2) is 38.0 Å². The second-order valence-electron chi connectivity index (χ2n) is 5.62. The minimum absolute atomic E-state index is 0.143. The third-order valence-corrected chi connectivity index (χ3v) is 3.32. The van der Waals surface area contributed by atoms with Crippen molar-refractivity contribution in [3.05, 3.63) is 35.9 Å². The molecule has 106 valence electrons. The van der Waals surface area contributed by atoms with Gasteiger partial charge in [0.25, 0.3) is 0 Å². The summed E-state index contributed by atoms with van der Waals surface area (Å²) in [5.41, 5.74) is 1.25. The summed E-state index contributed by atoms with van der Waals surface area (Å²) in [5, 5.41) is 2.99. The Bertz CT molecular complexity index is 374. The molecule has 0 aliphatic carbocycles. The Morgan fingerprint density at radius 1 is 1.21 bits per heavy atom. The highest BCUT2D eigenvalue weighted by Gasteiger charge is 2.19. The predicted molar refractivity (Wildman–Crippen MR) is 80.2 cm³/mol. The predicted octanol–water partition coefficient (Wildman–Crippen LogP) is 2.49. The van der Waals surface area contributed by atoms with Gasteiger partial charge in [0.1, 0.15) is 0 Å². The number of nitrogens with zero attached hydrogens (tertiary/aromatic N) is 1. The molecular weight excluding hydrogens is 236 g/mol. The van der Waals surface area contributed by atoms with Gasteiger partial charge < -0.3 is 10.2 Å². The first-order valence-electron chi connectivity index (χ1n) is 6.97. The largest absolute Gasteiger partial charge is 0.355 e. The number of benzene rings is 1. The van der Waals surface area contributed by atoms with E-state index < -0.39 is 0 Å². The van der Waals surface area contributed by atoms with E-state index in [0.717, 1.165) is 6.54 Å². The zero-order valence-electron chi connectivity index (χ0n) is 12.5. The van der Waals surface area contributed by atoms with Gasteiger partial charge >= 0.3 is 0 Å². The highest BCUT2D eigenvalue weighted by atomic mass is 16.1. The second kappa shape index (κ2) is 7.95. The van der Waals surface area contributed by atoms with E-state index >= 15 is 0 Å². The minimum Gasteiger partial charge on any atom is -0.355 e. The summed E-state index contributed by atoms with van der Waals surface area (Å²) in [5.74, 6) is 0.895. The molecule has 0 fully saturated rings. The Kier molecular flexibility index (Phi) is 6.57. The molecule has 3 heteroatoms. The number of amides is 1. The van der Waals surface area contributed by atoms with Crippen LogP contribution in [0.5, 0.6) is 0 Å². The molecule has 0 aliphatic heterocycles. The van der Waals surface area contributed by atoms with Gasteiger partial charge in [0, 0.05) is 19.5 Å². The molecule has 1 N–H and O–H groups in total. The maximum atomic E-state index is 12.0. The van der Waals surface area contributed by atoms with Gasteiger partial charge in [-0.2, -0.15) is 0 Å². The van der Waals surface area contributed by atoms with Crippen LogP contribution in [0.3, 0.4) is 0 Å². The van der Waals surface area contributed by atoms with Crippen LogP contribution in [0.1, 0.15) is 31.7 Å². The first kappa shape index (κ1) is 15.7. The lowest BCUT2D eigenvalue weighted by molar-refractivity contribution is -0.121. The molecule has 1 rings (SSSR count). The molecule has 0 heterocycles. The number of carbonyl (C=O) groups excluding carboxylic acids is 1. The van der Waals surface area contributed by atoms with Crippen LogP contribution in [0.25, 0.3) is 0 Å². The van der Waals surface area contributed by atoms with E-state index in [-0.39, 0.29) is 5.91 Å². The Labute approximate surface area is 117 Å². The quantitative estimate of drug-likeness (QED) is 0.819. The summed E-state index contributed by atoms with van der Waals surface area (Å²) < 4.78 is 0. The van der Waals surface area contributed by atoms with Gasteiger partial charge in [-0.3, -0.25) is 4.79 Å². The Balaban J connectivity index is 2.53. The first-order chi connectivity index (χ1) is 9.00. The fourth-order valence-electron chi connectivity index (χ4n) is 2.13. The van der Waals surface area contributed by atoms with Gasteiger partial charge in [-0.25, -0.2) is 0 Å². The molecule has 0 radical (unpaired) electrons. The highest BCUT2D eigenvalue weighted by molar-refractivity contribution is 5.76. The number of likely N-dealkylation sites (N-methyl/N-ethyl adjacent to an activating group) is 1. The Morgan fingerprint density at radius 3 is 2.37 bits per heavy atom. The van der Waals surface area contributed by atoms with Gasteiger partial charge in [0.05, 0.1) is 0 Å². The SMILES string of the molecule is CC(C)[C@@H](CC(=O)NCCN(C)C)c1ccccc1. The molecule has 1 atom stereocenters. The molecule has 0 aromatic heterocycles. The number of nitrogens with one attached hydrogen (secondary N) is 1. The summed E-state index contributed by atoms with van der Waals surface area (Å²) in [6.45, 7) is 5.93. The van der Waals surface area contributed by atoms with Crippen LogP contribution in [0.2, 0.25) is 0 Å². The van der Waals surface area contributed by atoms with Crippen LogP contribution in [0, 0.1) is 5.92 Å². The van der Waals surface area contributed by atoms with Crippen LogP contribution >= 0.6 is 0 Å². The summed E-state index contributed by atoms with van der Waals surface area (Å²) in [6, 6.07) is 10.3. The molecule has 19 heavy (non-hydrogen) atoms. The lowest BCUT2D eigenvalue weighted by Crippen LogP contribution is -2.32. The van der Waals surface area contributed by atoms with Crippen molar-refractivity contribution in [1.29, 1.82) is 0 Å².